The van der Waals surface area contributed by atoms with E-state index >= 15 is 0 Å². The van der Waals surface area contributed by atoms with E-state index in [0.29, 0.717) is 13.0 Å². The van der Waals surface area contributed by atoms with Crippen LogP contribution in [0.15, 0.2) is 14.4 Å². The fraction of sp³-hybridized carbons (Fsp3) is 0.833. The average Bonchev–Trinajstić information content (AvgIpc) is 3.28. The highest BCUT2D eigenvalue weighted by Crippen LogP contribution is 2.14. The lowest BCUT2D eigenvalue weighted by Gasteiger charge is -2.14. The minimum Gasteiger partial charge on any atom is -0.377 e. The molecule has 0 saturated carbocycles. The van der Waals surface area contributed by atoms with Crippen LogP contribution in [0.4, 0.5) is 0 Å². The molecular weight excluding hydrogens is 591 g/mol. The molecule has 246 valence electrons. The van der Waals surface area contributed by atoms with Crippen molar-refractivity contribution in [1.29, 1.82) is 0 Å². The van der Waals surface area contributed by atoms with E-state index in [1.54, 1.807) is 6.92 Å². The Labute approximate surface area is 258 Å². The molecular formula is C30H53N4O7PS. The first kappa shape index (κ1) is 37.1. The molecule has 2 atom stereocenters. The van der Waals surface area contributed by atoms with Gasteiger partial charge in [-0.15, -0.1) is 4.34 Å². The van der Waals surface area contributed by atoms with Gasteiger partial charge in [0.15, 0.2) is 11.2 Å². The second-order valence-electron chi connectivity index (χ2n) is 11.5. The van der Waals surface area contributed by atoms with Crippen molar-refractivity contribution in [2.75, 3.05) is 12.4 Å². The van der Waals surface area contributed by atoms with Gasteiger partial charge < -0.3 is 4.74 Å². The van der Waals surface area contributed by atoms with Crippen LogP contribution in [-0.2, 0) is 31.4 Å². The average molecular weight is 645 g/mol. The SMILES string of the molecule is CCCCCCCCCCCOC(C)Cn1c(=O)[nH]c2c1c(=O)n(P(=O)=O)c(=O)n2S(=O)CCCCCCCCCCC. The summed E-state index contributed by atoms with van der Waals surface area (Å²) < 4.78 is 44.8. The van der Waals surface area contributed by atoms with Crippen molar-refractivity contribution in [2.24, 2.45) is 0 Å². The summed E-state index contributed by atoms with van der Waals surface area (Å²) in [5, 5.41) is 0. The van der Waals surface area contributed by atoms with Gasteiger partial charge in [0.2, 0.25) is 0 Å². The van der Waals surface area contributed by atoms with Crippen molar-refractivity contribution in [1.82, 2.24) is 17.9 Å². The summed E-state index contributed by atoms with van der Waals surface area (Å²) in [7, 11) is -5.62. The number of imidazole rings is 1. The Morgan fingerprint density at radius 1 is 0.767 bits per heavy atom. The highest BCUT2D eigenvalue weighted by Gasteiger charge is 2.25. The summed E-state index contributed by atoms with van der Waals surface area (Å²) in [4.78, 5) is 41.5. The van der Waals surface area contributed by atoms with Crippen LogP contribution in [0.5, 0.6) is 0 Å². The Hall–Kier alpha value is -2.04. The zero-order chi connectivity index (χ0) is 31.6. The number of fused-ring (bicyclic) bond motifs is 1. The van der Waals surface area contributed by atoms with E-state index in [4.69, 9.17) is 4.74 Å². The summed E-state index contributed by atoms with van der Waals surface area (Å²) in [5.41, 5.74) is -3.61. The topological polar surface area (TPSA) is 142 Å². The van der Waals surface area contributed by atoms with Crippen LogP contribution in [-0.4, -0.2) is 40.5 Å². The van der Waals surface area contributed by atoms with Gasteiger partial charge in [0, 0.05) is 12.4 Å². The van der Waals surface area contributed by atoms with Gasteiger partial charge >= 0.3 is 19.2 Å². The lowest BCUT2D eigenvalue weighted by atomic mass is 10.1. The van der Waals surface area contributed by atoms with Crippen LogP contribution in [0.3, 0.4) is 0 Å². The monoisotopic (exact) mass is 644 g/mol. The molecule has 0 amide bonds. The predicted octanol–water partition coefficient (Wildman–Crippen LogP) is 6.57. The lowest BCUT2D eigenvalue weighted by molar-refractivity contribution is 0.0518. The molecule has 1 N–H and O–H groups in total. The molecule has 2 aromatic heterocycles. The third kappa shape index (κ3) is 12.1. The van der Waals surface area contributed by atoms with Gasteiger partial charge in [0.05, 0.1) is 12.6 Å². The van der Waals surface area contributed by atoms with Gasteiger partial charge in [-0.1, -0.05) is 117 Å². The zero-order valence-electron chi connectivity index (χ0n) is 26.5. The lowest BCUT2D eigenvalue weighted by Crippen LogP contribution is -2.39. The molecule has 0 radical (unpaired) electrons. The van der Waals surface area contributed by atoms with Crippen LogP contribution < -0.4 is 16.9 Å². The minimum atomic E-state index is -3.65. The van der Waals surface area contributed by atoms with Crippen LogP contribution in [0.25, 0.3) is 11.2 Å². The van der Waals surface area contributed by atoms with E-state index in [1.807, 2.05) is 0 Å². The first-order chi connectivity index (χ1) is 20.7. The standard InChI is InChI=1S/C30H53N4O7PS/c1-4-6-8-10-12-14-16-18-20-22-41-25(3)24-32-26-27(31-29(32)36)34(30(37)33(28(26)35)42(38)39)43(40)23-21-19-17-15-13-11-9-7-5-2/h25H,4-24H2,1-3H3,(H,31,36). The van der Waals surface area contributed by atoms with Crippen LogP contribution in [0, 0.1) is 0 Å². The molecule has 0 saturated heterocycles. The second-order valence-corrected chi connectivity index (χ2v) is 13.8. The van der Waals surface area contributed by atoms with Gasteiger partial charge in [-0.05, 0) is 19.8 Å². The summed E-state index contributed by atoms with van der Waals surface area (Å²) in [6.45, 7) is 6.63. The maximum atomic E-state index is 13.2. The van der Waals surface area contributed by atoms with Crippen molar-refractivity contribution in [3.05, 3.63) is 31.3 Å². The number of hydrogen-bond acceptors (Lipinski definition) is 7. The third-order valence-corrected chi connectivity index (χ3v) is 9.86. The molecule has 0 bridgehead atoms. The molecule has 0 aromatic carbocycles. The molecule has 0 spiro atoms. The summed E-state index contributed by atoms with van der Waals surface area (Å²) in [6.07, 6.45) is 19.7. The maximum absolute atomic E-state index is 13.2. The number of nitrogens with one attached hydrogen (secondary N) is 1. The van der Waals surface area contributed by atoms with E-state index in [9.17, 15) is 27.7 Å². The number of aromatic nitrogens is 4. The number of hydrogen-bond donors (Lipinski definition) is 1. The quantitative estimate of drug-likeness (QED) is 0.0952. The first-order valence-electron chi connectivity index (χ1n) is 16.4. The van der Waals surface area contributed by atoms with Gasteiger partial charge in [-0.25, -0.2) is 22.9 Å². The Bertz CT molecular complexity index is 1370. The third-order valence-electron chi connectivity index (χ3n) is 7.80. The van der Waals surface area contributed by atoms with Gasteiger partial charge in [0.1, 0.15) is 11.0 Å². The number of ether oxygens (including phenoxy) is 1. The van der Waals surface area contributed by atoms with Gasteiger partial charge in [0.25, 0.3) is 5.56 Å². The molecule has 13 heteroatoms. The smallest absolute Gasteiger partial charge is 0.377 e. The number of nitrogens with zero attached hydrogens (tertiary/aromatic N) is 3. The van der Waals surface area contributed by atoms with Crippen LogP contribution in [0.2, 0.25) is 0 Å². The van der Waals surface area contributed by atoms with Gasteiger partial charge in [-0.3, -0.25) is 14.3 Å². The molecule has 0 aliphatic rings. The second kappa shape index (κ2) is 20.8. The van der Waals surface area contributed by atoms with Crippen molar-refractivity contribution in [2.45, 2.75) is 149 Å². The fourth-order valence-corrected chi connectivity index (χ4v) is 7.09. The highest BCUT2D eigenvalue weighted by molar-refractivity contribution is 7.83. The normalized spacial score (nSPS) is 13.1. The molecule has 43 heavy (non-hydrogen) atoms. The molecule has 2 aromatic rings. The molecule has 0 fully saturated rings. The van der Waals surface area contributed by atoms with E-state index in [-0.39, 0.29) is 27.8 Å². The largest absolute Gasteiger partial charge is 0.438 e. The minimum absolute atomic E-state index is 0.0236. The first-order valence-corrected chi connectivity index (χ1v) is 18.8. The Kier molecular flexibility index (Phi) is 18.0. The van der Waals surface area contributed by atoms with E-state index in [0.717, 1.165) is 53.5 Å². The van der Waals surface area contributed by atoms with Crippen LogP contribution >= 0.6 is 7.83 Å². The number of unbranched alkanes of at least 4 members (excludes halogenated alkanes) is 16. The Morgan fingerprint density at radius 2 is 1.26 bits per heavy atom. The highest BCUT2D eigenvalue weighted by atomic mass is 32.2. The van der Waals surface area contributed by atoms with Crippen molar-refractivity contribution >= 4 is 30.0 Å². The molecule has 2 heterocycles. The van der Waals surface area contributed by atoms with Crippen molar-refractivity contribution in [3.63, 3.8) is 0 Å². The van der Waals surface area contributed by atoms with Crippen molar-refractivity contribution in [3.8, 4) is 0 Å². The fourth-order valence-electron chi connectivity index (χ4n) is 5.33. The molecule has 2 unspecified atom stereocenters. The predicted molar refractivity (Wildman–Crippen MR) is 173 cm³/mol. The van der Waals surface area contributed by atoms with Gasteiger partial charge in [-0.2, -0.15) is 3.97 Å². The van der Waals surface area contributed by atoms with E-state index in [1.165, 1.54) is 64.2 Å². The Balaban J connectivity index is 2.04. The molecule has 0 aliphatic heterocycles. The molecule has 2 rings (SSSR count). The van der Waals surface area contributed by atoms with Crippen LogP contribution in [0.1, 0.15) is 136 Å². The zero-order valence-corrected chi connectivity index (χ0v) is 28.2. The Morgan fingerprint density at radius 3 is 1.77 bits per heavy atom. The molecule has 11 nitrogen and oxygen atoms in total. The summed E-state index contributed by atoms with van der Waals surface area (Å²) >= 11 is 0. The summed E-state index contributed by atoms with van der Waals surface area (Å²) in [5.74, 6) is 0.101. The maximum Gasteiger partial charge on any atom is 0.438 e. The van der Waals surface area contributed by atoms with E-state index < -0.39 is 41.9 Å². The van der Waals surface area contributed by atoms with Crippen molar-refractivity contribution < 1.29 is 18.1 Å². The number of aromatic amines is 1. The number of H-pyrrole nitrogens is 1. The number of rotatable bonds is 25. The molecule has 0 aliphatic carbocycles. The van der Waals surface area contributed by atoms with E-state index in [2.05, 4.69) is 18.8 Å². The summed E-state index contributed by atoms with van der Waals surface area (Å²) in [6, 6.07) is 0.